The number of aryl methyl sites for hydroxylation is 1. The quantitative estimate of drug-likeness (QED) is 0.546. The van der Waals surface area contributed by atoms with Crippen LogP contribution >= 0.6 is 11.6 Å². The Morgan fingerprint density at radius 1 is 1.11 bits per heavy atom. The number of methoxy groups -OCH3 is 1. The molecule has 3 aliphatic heterocycles. The molecule has 0 aliphatic carbocycles. The zero-order valence-corrected chi connectivity index (χ0v) is 19.6. The van der Waals surface area contributed by atoms with Crippen molar-refractivity contribution >= 4 is 40.7 Å². The highest BCUT2D eigenvalue weighted by Crippen LogP contribution is 2.53. The molecule has 0 aromatic heterocycles. The molecule has 7 nitrogen and oxygen atoms in total. The second-order valence-corrected chi connectivity index (χ2v) is 9.21. The number of aliphatic imine (C=N–C) groups is 1. The van der Waals surface area contributed by atoms with E-state index < -0.39 is 23.9 Å². The number of benzene rings is 3. The van der Waals surface area contributed by atoms with Crippen LogP contribution in [0.15, 0.2) is 59.6 Å². The third kappa shape index (κ3) is 3.28. The number of nitrogens with one attached hydrogen (secondary N) is 1. The molecule has 0 fully saturated rings. The number of hydrogen-bond acceptors (Lipinski definition) is 4. The number of halogens is 2. The molecule has 35 heavy (non-hydrogen) atoms. The molecule has 3 amide bonds. The van der Waals surface area contributed by atoms with Gasteiger partial charge in [0.2, 0.25) is 5.91 Å². The second kappa shape index (κ2) is 7.81. The SMILES string of the molecule is COc1ccc(F)cc1C1=NC(c2ccc(Cl)cc2)C2c3cc(C)cc4c3N(CC(=O)N4)C(=O)N12. The van der Waals surface area contributed by atoms with Gasteiger partial charge in [0.05, 0.1) is 30.1 Å². The molecular weight excluding hydrogens is 471 g/mol. The molecule has 0 bridgehead atoms. The number of ether oxygens (including phenoxy) is 1. The van der Waals surface area contributed by atoms with Crippen molar-refractivity contribution in [3.05, 3.63) is 87.7 Å². The lowest BCUT2D eigenvalue weighted by Crippen LogP contribution is -2.54. The van der Waals surface area contributed by atoms with Gasteiger partial charge >= 0.3 is 6.03 Å². The van der Waals surface area contributed by atoms with Gasteiger partial charge in [-0.15, -0.1) is 0 Å². The summed E-state index contributed by atoms with van der Waals surface area (Å²) in [6.07, 6.45) is 0. The fourth-order valence-electron chi connectivity index (χ4n) is 5.16. The molecule has 3 heterocycles. The maximum Gasteiger partial charge on any atom is 0.331 e. The molecule has 6 rings (SSSR count). The van der Waals surface area contributed by atoms with Gasteiger partial charge < -0.3 is 10.1 Å². The summed E-state index contributed by atoms with van der Waals surface area (Å²) in [5, 5.41) is 3.48. The smallest absolute Gasteiger partial charge is 0.331 e. The lowest BCUT2D eigenvalue weighted by molar-refractivity contribution is -0.115. The highest BCUT2D eigenvalue weighted by Gasteiger charge is 2.51. The summed E-state index contributed by atoms with van der Waals surface area (Å²) in [5.74, 6) is -0.0805. The van der Waals surface area contributed by atoms with Gasteiger partial charge in [-0.25, -0.2) is 9.18 Å². The molecule has 1 N–H and O–H groups in total. The first-order valence-corrected chi connectivity index (χ1v) is 11.5. The summed E-state index contributed by atoms with van der Waals surface area (Å²) in [5.41, 5.74) is 4.26. The molecule has 3 aliphatic rings. The van der Waals surface area contributed by atoms with Gasteiger partial charge in [0.15, 0.2) is 0 Å². The van der Waals surface area contributed by atoms with Crippen LogP contribution in [-0.2, 0) is 4.79 Å². The van der Waals surface area contributed by atoms with Crippen molar-refractivity contribution in [1.29, 1.82) is 0 Å². The number of rotatable bonds is 3. The van der Waals surface area contributed by atoms with E-state index in [0.717, 1.165) is 16.7 Å². The van der Waals surface area contributed by atoms with E-state index in [1.807, 2.05) is 31.2 Å². The van der Waals surface area contributed by atoms with Crippen LogP contribution in [0.1, 0.15) is 34.3 Å². The molecule has 0 radical (unpaired) electrons. The molecule has 2 unspecified atom stereocenters. The number of anilines is 2. The summed E-state index contributed by atoms with van der Waals surface area (Å²) in [4.78, 5) is 34.4. The Bertz CT molecular complexity index is 1440. The van der Waals surface area contributed by atoms with Crippen molar-refractivity contribution in [3.63, 3.8) is 0 Å². The molecule has 9 heteroatoms. The number of amides is 3. The van der Waals surface area contributed by atoms with Crippen LogP contribution in [0.2, 0.25) is 5.02 Å². The van der Waals surface area contributed by atoms with Crippen LogP contribution in [0.4, 0.5) is 20.6 Å². The maximum absolute atomic E-state index is 14.4. The third-order valence-corrected chi connectivity index (χ3v) is 6.82. The van der Waals surface area contributed by atoms with E-state index >= 15 is 0 Å². The van der Waals surface area contributed by atoms with Gasteiger partial charge in [-0.1, -0.05) is 29.8 Å². The standard InChI is InChI=1S/C26H20ClFN4O3/c1-13-9-18-23-19(10-13)29-21(33)12-31(23)26(34)32-24(18)22(14-3-5-15(27)6-4-14)30-25(32)17-11-16(28)7-8-20(17)35-2/h3-11,22,24H,12H2,1-2H3,(H,29,33). The topological polar surface area (TPSA) is 74.2 Å². The minimum atomic E-state index is -0.508. The van der Waals surface area contributed by atoms with E-state index in [0.29, 0.717) is 27.7 Å². The van der Waals surface area contributed by atoms with Crippen molar-refractivity contribution in [3.8, 4) is 5.75 Å². The van der Waals surface area contributed by atoms with Gasteiger partial charge in [-0.2, -0.15) is 0 Å². The van der Waals surface area contributed by atoms with E-state index in [4.69, 9.17) is 21.3 Å². The Balaban J connectivity index is 1.62. The maximum atomic E-state index is 14.4. The number of hydrogen-bond donors (Lipinski definition) is 1. The fourth-order valence-corrected chi connectivity index (χ4v) is 5.29. The predicted octanol–water partition coefficient (Wildman–Crippen LogP) is 5.23. The number of amidine groups is 1. The van der Waals surface area contributed by atoms with Gasteiger partial charge in [-0.3, -0.25) is 19.6 Å². The summed E-state index contributed by atoms with van der Waals surface area (Å²) in [7, 11) is 1.48. The second-order valence-electron chi connectivity index (χ2n) is 8.78. The van der Waals surface area contributed by atoms with Gasteiger partial charge in [-0.05, 0) is 54.4 Å². The van der Waals surface area contributed by atoms with Crippen molar-refractivity contribution < 1.29 is 18.7 Å². The molecule has 2 atom stereocenters. The molecule has 3 aromatic rings. The highest BCUT2D eigenvalue weighted by atomic mass is 35.5. The van der Waals surface area contributed by atoms with Gasteiger partial charge in [0, 0.05) is 10.6 Å². The summed E-state index contributed by atoms with van der Waals surface area (Å²) in [6, 6.07) is 13.9. The Labute approximate surface area is 205 Å². The van der Waals surface area contributed by atoms with Crippen molar-refractivity contribution in [2.75, 3.05) is 23.9 Å². The van der Waals surface area contributed by atoms with E-state index in [1.165, 1.54) is 30.2 Å². The number of urea groups is 1. The first kappa shape index (κ1) is 21.6. The van der Waals surface area contributed by atoms with E-state index in [9.17, 15) is 14.0 Å². The predicted molar refractivity (Wildman–Crippen MR) is 131 cm³/mol. The first-order valence-electron chi connectivity index (χ1n) is 11.1. The number of nitrogens with zero attached hydrogens (tertiary/aromatic N) is 3. The number of carbonyl (C=O) groups is 2. The number of fused-ring (bicyclic) bond motifs is 2. The molecule has 0 saturated heterocycles. The fraction of sp³-hybridized carbons (Fsp3) is 0.192. The van der Waals surface area contributed by atoms with Crippen molar-refractivity contribution in [1.82, 2.24) is 4.90 Å². The van der Waals surface area contributed by atoms with Crippen LogP contribution in [0, 0.1) is 12.7 Å². The molecule has 3 aromatic carbocycles. The van der Waals surface area contributed by atoms with E-state index in [2.05, 4.69) is 5.32 Å². The van der Waals surface area contributed by atoms with Crippen LogP contribution in [0.5, 0.6) is 5.75 Å². The van der Waals surface area contributed by atoms with Crippen LogP contribution in [0.25, 0.3) is 0 Å². The lowest BCUT2D eigenvalue weighted by Gasteiger charge is -2.43. The average molecular weight is 491 g/mol. The highest BCUT2D eigenvalue weighted by molar-refractivity contribution is 6.30. The summed E-state index contributed by atoms with van der Waals surface area (Å²) >= 11 is 6.14. The minimum absolute atomic E-state index is 0.121. The molecule has 0 spiro atoms. The Kier molecular flexibility index (Phi) is 4.82. The zero-order valence-electron chi connectivity index (χ0n) is 18.9. The Morgan fingerprint density at radius 3 is 2.63 bits per heavy atom. The summed E-state index contributed by atoms with van der Waals surface area (Å²) in [6.45, 7) is 1.82. The number of carbonyl (C=O) groups excluding carboxylic acids is 2. The van der Waals surface area contributed by atoms with Crippen molar-refractivity contribution in [2.24, 2.45) is 4.99 Å². The molecule has 0 saturated carbocycles. The molecule has 176 valence electrons. The Hall–Kier alpha value is -3.91. The molecular formula is C26H20ClFN4O3. The van der Waals surface area contributed by atoms with Crippen LogP contribution < -0.4 is 15.0 Å². The van der Waals surface area contributed by atoms with E-state index in [1.54, 1.807) is 17.0 Å². The first-order chi connectivity index (χ1) is 16.9. The van der Waals surface area contributed by atoms with Crippen LogP contribution in [-0.4, -0.2) is 36.3 Å². The van der Waals surface area contributed by atoms with Gasteiger partial charge in [0.25, 0.3) is 0 Å². The van der Waals surface area contributed by atoms with Crippen LogP contribution in [0.3, 0.4) is 0 Å². The average Bonchev–Trinajstić information content (AvgIpc) is 3.23. The van der Waals surface area contributed by atoms with E-state index in [-0.39, 0.29) is 18.3 Å². The Morgan fingerprint density at radius 2 is 1.89 bits per heavy atom. The summed E-state index contributed by atoms with van der Waals surface area (Å²) < 4.78 is 19.9. The normalized spacial score (nSPS) is 20.3. The lowest BCUT2D eigenvalue weighted by atomic mass is 9.88. The van der Waals surface area contributed by atoms with Gasteiger partial charge in [0.1, 0.15) is 30.0 Å². The van der Waals surface area contributed by atoms with Crippen molar-refractivity contribution in [2.45, 2.75) is 19.0 Å². The monoisotopic (exact) mass is 490 g/mol. The third-order valence-electron chi connectivity index (χ3n) is 6.57. The zero-order chi connectivity index (χ0) is 24.4. The largest absolute Gasteiger partial charge is 0.496 e. The minimum Gasteiger partial charge on any atom is -0.496 e.